The monoisotopic (exact) mass is 324 g/mol. The van der Waals surface area contributed by atoms with E-state index in [4.69, 9.17) is 0 Å². The maximum absolute atomic E-state index is 13.3. The SMILES string of the molecule is Cc1cc(S(=O)(=O)N2CCC(n3cnnc3C)C2)ccc1F. The van der Waals surface area contributed by atoms with Gasteiger partial charge in [0.2, 0.25) is 10.0 Å². The van der Waals surface area contributed by atoms with E-state index in [1.807, 2.05) is 11.5 Å². The van der Waals surface area contributed by atoms with Crippen molar-refractivity contribution in [3.8, 4) is 0 Å². The molecule has 0 amide bonds. The van der Waals surface area contributed by atoms with E-state index in [9.17, 15) is 12.8 Å². The lowest BCUT2D eigenvalue weighted by molar-refractivity contribution is 0.448. The summed E-state index contributed by atoms with van der Waals surface area (Å²) in [5, 5.41) is 7.77. The van der Waals surface area contributed by atoms with Gasteiger partial charge in [0.1, 0.15) is 18.0 Å². The van der Waals surface area contributed by atoms with Crippen molar-refractivity contribution in [2.45, 2.75) is 31.2 Å². The Morgan fingerprint density at radius 3 is 2.73 bits per heavy atom. The summed E-state index contributed by atoms with van der Waals surface area (Å²) < 4.78 is 42.0. The Bertz CT molecular complexity index is 803. The highest BCUT2D eigenvalue weighted by Gasteiger charge is 2.34. The summed E-state index contributed by atoms with van der Waals surface area (Å²) in [6.45, 7) is 4.20. The van der Waals surface area contributed by atoms with Crippen molar-refractivity contribution in [3.63, 3.8) is 0 Å². The minimum Gasteiger partial charge on any atom is -0.313 e. The standard InChI is InChI=1S/C14H17FN4O2S/c1-10-7-13(3-4-14(10)15)22(20,21)18-6-5-12(8-18)19-9-16-17-11(19)2/h3-4,7,9,12H,5-6,8H2,1-2H3. The second kappa shape index (κ2) is 5.44. The Labute approximate surface area is 128 Å². The van der Waals surface area contributed by atoms with Gasteiger partial charge < -0.3 is 4.57 Å². The molecule has 0 aliphatic carbocycles. The zero-order chi connectivity index (χ0) is 15.9. The largest absolute Gasteiger partial charge is 0.313 e. The van der Waals surface area contributed by atoms with Gasteiger partial charge in [-0.05, 0) is 44.0 Å². The molecule has 1 aromatic heterocycles. The predicted molar refractivity (Wildman–Crippen MR) is 78.3 cm³/mol. The van der Waals surface area contributed by atoms with Crippen molar-refractivity contribution < 1.29 is 12.8 Å². The fourth-order valence-corrected chi connectivity index (χ4v) is 4.32. The number of aryl methyl sites for hydroxylation is 2. The Kier molecular flexibility index (Phi) is 3.73. The Morgan fingerprint density at radius 1 is 1.32 bits per heavy atom. The quantitative estimate of drug-likeness (QED) is 0.861. The molecule has 1 saturated heterocycles. The molecule has 0 radical (unpaired) electrons. The maximum Gasteiger partial charge on any atom is 0.243 e. The van der Waals surface area contributed by atoms with Crippen LogP contribution >= 0.6 is 0 Å². The highest BCUT2D eigenvalue weighted by molar-refractivity contribution is 7.89. The third kappa shape index (κ3) is 2.52. The van der Waals surface area contributed by atoms with Gasteiger partial charge in [-0.1, -0.05) is 0 Å². The Morgan fingerprint density at radius 2 is 2.09 bits per heavy atom. The lowest BCUT2D eigenvalue weighted by Gasteiger charge is -2.17. The van der Waals surface area contributed by atoms with Crippen LogP contribution in [0, 0.1) is 19.7 Å². The lowest BCUT2D eigenvalue weighted by Crippen LogP contribution is -2.29. The van der Waals surface area contributed by atoms with Crippen molar-refractivity contribution in [2.75, 3.05) is 13.1 Å². The van der Waals surface area contributed by atoms with Crippen LogP contribution in [0.1, 0.15) is 23.9 Å². The summed E-state index contributed by atoms with van der Waals surface area (Å²) in [5.41, 5.74) is 0.325. The number of nitrogens with zero attached hydrogens (tertiary/aromatic N) is 4. The molecule has 1 fully saturated rings. The van der Waals surface area contributed by atoms with Crippen molar-refractivity contribution in [1.82, 2.24) is 19.1 Å². The minimum absolute atomic E-state index is 0.0336. The molecule has 0 spiro atoms. The van der Waals surface area contributed by atoms with E-state index in [0.29, 0.717) is 25.1 Å². The first-order chi connectivity index (χ1) is 10.4. The van der Waals surface area contributed by atoms with Crippen LogP contribution in [-0.4, -0.2) is 40.6 Å². The molecular formula is C14H17FN4O2S. The van der Waals surface area contributed by atoms with Gasteiger partial charge in [-0.25, -0.2) is 12.8 Å². The molecule has 0 bridgehead atoms. The highest BCUT2D eigenvalue weighted by Crippen LogP contribution is 2.28. The van der Waals surface area contributed by atoms with Crippen LogP contribution in [0.15, 0.2) is 29.4 Å². The first-order valence-electron chi connectivity index (χ1n) is 7.02. The van der Waals surface area contributed by atoms with Gasteiger partial charge in [0.15, 0.2) is 0 Å². The lowest BCUT2D eigenvalue weighted by atomic mass is 10.2. The number of sulfonamides is 1. The number of halogens is 1. The van der Waals surface area contributed by atoms with Crippen molar-refractivity contribution >= 4 is 10.0 Å². The van der Waals surface area contributed by atoms with Crippen LogP contribution in [0.25, 0.3) is 0 Å². The minimum atomic E-state index is -3.60. The van der Waals surface area contributed by atoms with Crippen LogP contribution in [0.5, 0.6) is 0 Å². The van der Waals surface area contributed by atoms with Gasteiger partial charge >= 0.3 is 0 Å². The third-order valence-corrected chi connectivity index (χ3v) is 5.90. The summed E-state index contributed by atoms with van der Waals surface area (Å²) >= 11 is 0. The smallest absolute Gasteiger partial charge is 0.243 e. The summed E-state index contributed by atoms with van der Waals surface area (Å²) in [4.78, 5) is 0.132. The van der Waals surface area contributed by atoms with E-state index in [1.54, 1.807) is 13.3 Å². The van der Waals surface area contributed by atoms with Crippen LogP contribution in [0.4, 0.5) is 4.39 Å². The average Bonchev–Trinajstić information content (AvgIpc) is 3.10. The summed E-state index contributed by atoms with van der Waals surface area (Å²) in [5.74, 6) is 0.361. The molecule has 1 aliphatic heterocycles. The molecule has 1 aliphatic rings. The molecule has 1 atom stereocenters. The number of hydrogen-bond donors (Lipinski definition) is 0. The second-order valence-electron chi connectivity index (χ2n) is 5.50. The summed E-state index contributed by atoms with van der Waals surface area (Å²) in [6, 6.07) is 3.92. The third-order valence-electron chi connectivity index (χ3n) is 4.04. The molecule has 1 aromatic carbocycles. The van der Waals surface area contributed by atoms with Gasteiger partial charge in [0.25, 0.3) is 0 Å². The van der Waals surface area contributed by atoms with Crippen molar-refractivity contribution in [2.24, 2.45) is 0 Å². The van der Waals surface area contributed by atoms with E-state index >= 15 is 0 Å². The Hall–Kier alpha value is -1.80. The van der Waals surface area contributed by atoms with E-state index in [0.717, 1.165) is 5.82 Å². The first-order valence-corrected chi connectivity index (χ1v) is 8.46. The van der Waals surface area contributed by atoms with Gasteiger partial charge in [0, 0.05) is 13.1 Å². The van der Waals surface area contributed by atoms with E-state index < -0.39 is 15.8 Å². The zero-order valence-corrected chi connectivity index (χ0v) is 13.2. The number of aromatic nitrogens is 3. The van der Waals surface area contributed by atoms with Gasteiger partial charge in [0.05, 0.1) is 10.9 Å². The molecule has 1 unspecified atom stereocenters. The van der Waals surface area contributed by atoms with Crippen molar-refractivity contribution in [3.05, 3.63) is 41.7 Å². The molecule has 2 heterocycles. The molecule has 22 heavy (non-hydrogen) atoms. The van der Waals surface area contributed by atoms with E-state index in [1.165, 1.54) is 22.5 Å². The number of hydrogen-bond acceptors (Lipinski definition) is 4. The summed E-state index contributed by atoms with van der Waals surface area (Å²) in [7, 11) is -3.60. The second-order valence-corrected chi connectivity index (χ2v) is 7.44. The topological polar surface area (TPSA) is 68.1 Å². The fourth-order valence-electron chi connectivity index (χ4n) is 2.74. The molecule has 0 saturated carbocycles. The maximum atomic E-state index is 13.3. The van der Waals surface area contributed by atoms with Crippen LogP contribution in [-0.2, 0) is 10.0 Å². The van der Waals surface area contributed by atoms with Gasteiger partial charge in [-0.3, -0.25) is 0 Å². The van der Waals surface area contributed by atoms with Crippen LogP contribution in [0.2, 0.25) is 0 Å². The first kappa shape index (κ1) is 15.1. The van der Waals surface area contributed by atoms with Gasteiger partial charge in [-0.2, -0.15) is 4.31 Å². The predicted octanol–water partition coefficient (Wildman–Crippen LogP) is 1.67. The van der Waals surface area contributed by atoms with E-state index in [-0.39, 0.29) is 10.9 Å². The number of rotatable bonds is 3. The molecule has 3 rings (SSSR count). The fraction of sp³-hybridized carbons (Fsp3) is 0.429. The average molecular weight is 324 g/mol. The molecular weight excluding hydrogens is 307 g/mol. The normalized spacial score (nSPS) is 19.7. The molecule has 6 nitrogen and oxygen atoms in total. The molecule has 0 N–H and O–H groups in total. The van der Waals surface area contributed by atoms with Gasteiger partial charge in [-0.15, -0.1) is 10.2 Å². The van der Waals surface area contributed by atoms with Crippen molar-refractivity contribution in [1.29, 1.82) is 0 Å². The Balaban J connectivity index is 1.85. The number of benzene rings is 1. The van der Waals surface area contributed by atoms with E-state index in [2.05, 4.69) is 10.2 Å². The highest BCUT2D eigenvalue weighted by atomic mass is 32.2. The van der Waals surface area contributed by atoms with Crippen LogP contribution in [0.3, 0.4) is 0 Å². The molecule has 118 valence electrons. The van der Waals surface area contributed by atoms with Crippen LogP contribution < -0.4 is 0 Å². The molecule has 8 heteroatoms. The summed E-state index contributed by atoms with van der Waals surface area (Å²) in [6.07, 6.45) is 2.33. The zero-order valence-electron chi connectivity index (χ0n) is 12.4. The molecule has 2 aromatic rings.